The van der Waals surface area contributed by atoms with Crippen LogP contribution in [0.3, 0.4) is 0 Å². The lowest BCUT2D eigenvalue weighted by Gasteiger charge is -2.51. The van der Waals surface area contributed by atoms with Crippen molar-refractivity contribution in [1.82, 2.24) is 0 Å². The van der Waals surface area contributed by atoms with E-state index in [1.807, 2.05) is 0 Å². The molecule has 0 N–H and O–H groups in total. The summed E-state index contributed by atoms with van der Waals surface area (Å²) in [5.41, 5.74) is 18.6. The maximum Gasteiger partial charge on any atom is 0.247 e. The fourth-order valence-corrected chi connectivity index (χ4v) is 10.5. The van der Waals surface area contributed by atoms with Crippen LogP contribution in [0.25, 0.3) is 0 Å². The van der Waals surface area contributed by atoms with Crippen molar-refractivity contribution >= 4 is 74.3 Å². The van der Waals surface area contributed by atoms with E-state index in [1.54, 1.807) is 0 Å². The summed E-state index contributed by atoms with van der Waals surface area (Å²) in [7, 11) is 0. The lowest BCUT2D eigenvalue weighted by Crippen LogP contribution is -2.65. The Bertz CT molecular complexity index is 2970. The Morgan fingerprint density at radius 1 is 0.305 bits per heavy atom. The van der Waals surface area contributed by atoms with Crippen molar-refractivity contribution < 1.29 is 0 Å². The third-order valence-corrected chi connectivity index (χ3v) is 12.7. The minimum Gasteiger partial charge on any atom is -0.309 e. The summed E-state index contributed by atoms with van der Waals surface area (Å²) in [4.78, 5) is 7.58. The van der Waals surface area contributed by atoms with Gasteiger partial charge in [-0.15, -0.1) is 0 Å². The minimum absolute atomic E-state index is 0.0295. The van der Waals surface area contributed by atoms with Crippen molar-refractivity contribution in [3.8, 4) is 0 Å². The standard InChI is InChI=1S/C55H38BN3/c1-6-22-39(23-7-1)55(40-24-8-2-9-25-40)44-32-16-17-33-46(44)56-47-34-18-19-35-48(47)58(42-28-12-4-13-29-42)54-52(56)45(55)38-51-53(54)59(43-30-14-5-15-31-43)50-37-21-20-36-49(50)57(51)41-26-10-3-11-27-41/h1-38H. The predicted molar refractivity (Wildman–Crippen MR) is 247 cm³/mol. The molecule has 9 aromatic carbocycles. The zero-order valence-corrected chi connectivity index (χ0v) is 32.4. The van der Waals surface area contributed by atoms with Gasteiger partial charge in [0.2, 0.25) is 6.71 Å². The monoisotopic (exact) mass is 751 g/mol. The smallest absolute Gasteiger partial charge is 0.247 e. The van der Waals surface area contributed by atoms with Crippen LogP contribution in [0.5, 0.6) is 0 Å². The first-order chi connectivity index (χ1) is 29.3. The molecule has 59 heavy (non-hydrogen) atoms. The van der Waals surface area contributed by atoms with Crippen LogP contribution in [0, 0.1) is 0 Å². The molecule has 0 radical (unpaired) electrons. The molecule has 0 fully saturated rings. The maximum absolute atomic E-state index is 2.56. The maximum atomic E-state index is 2.56. The van der Waals surface area contributed by atoms with E-state index in [9.17, 15) is 0 Å². The fraction of sp³-hybridized carbons (Fsp3) is 0.0182. The summed E-state index contributed by atoms with van der Waals surface area (Å²) in [6, 6.07) is 85.0. The van der Waals surface area contributed by atoms with Crippen LogP contribution in [0.1, 0.15) is 22.3 Å². The molecular formula is C55H38BN3. The highest BCUT2D eigenvalue weighted by Crippen LogP contribution is 2.61. The molecule has 0 saturated carbocycles. The Balaban J connectivity index is 1.35. The zero-order valence-electron chi connectivity index (χ0n) is 32.4. The summed E-state index contributed by atoms with van der Waals surface area (Å²) in [6.07, 6.45) is 0. The summed E-state index contributed by atoms with van der Waals surface area (Å²) in [5.74, 6) is 0. The van der Waals surface area contributed by atoms with Gasteiger partial charge in [-0.05, 0) is 93.8 Å². The third kappa shape index (κ3) is 4.78. The largest absolute Gasteiger partial charge is 0.309 e. The summed E-state index contributed by atoms with van der Waals surface area (Å²) in [6.45, 7) is -0.0295. The Kier molecular flexibility index (Phi) is 7.54. The normalized spacial score (nSPS) is 14.1. The van der Waals surface area contributed by atoms with Crippen molar-refractivity contribution in [2.75, 3.05) is 14.7 Å². The van der Waals surface area contributed by atoms with Crippen molar-refractivity contribution in [3.05, 3.63) is 253 Å². The average Bonchev–Trinajstić information content (AvgIpc) is 3.32. The number of para-hydroxylation sites is 6. The summed E-state index contributed by atoms with van der Waals surface area (Å²) >= 11 is 0. The highest BCUT2D eigenvalue weighted by Gasteiger charge is 2.53. The van der Waals surface area contributed by atoms with Crippen LogP contribution in [0.2, 0.25) is 0 Å². The first-order valence-electron chi connectivity index (χ1n) is 20.5. The highest BCUT2D eigenvalue weighted by molar-refractivity contribution is 6.99. The van der Waals surface area contributed by atoms with Gasteiger partial charge in [0.15, 0.2) is 0 Å². The molecule has 3 heterocycles. The number of fused-ring (bicyclic) bond motifs is 7. The number of anilines is 9. The van der Waals surface area contributed by atoms with Gasteiger partial charge in [-0.1, -0.05) is 175 Å². The van der Waals surface area contributed by atoms with E-state index in [4.69, 9.17) is 0 Å². The van der Waals surface area contributed by atoms with Crippen molar-refractivity contribution in [2.45, 2.75) is 5.41 Å². The van der Waals surface area contributed by atoms with E-state index < -0.39 is 5.41 Å². The molecule has 4 heteroatoms. The van der Waals surface area contributed by atoms with E-state index >= 15 is 0 Å². The summed E-state index contributed by atoms with van der Waals surface area (Å²) in [5, 5.41) is 0. The molecule has 276 valence electrons. The van der Waals surface area contributed by atoms with Gasteiger partial charge in [0.1, 0.15) is 0 Å². The Morgan fingerprint density at radius 2 is 0.712 bits per heavy atom. The third-order valence-electron chi connectivity index (χ3n) is 12.7. The van der Waals surface area contributed by atoms with Crippen LogP contribution < -0.4 is 31.1 Å². The van der Waals surface area contributed by atoms with Gasteiger partial charge in [-0.3, -0.25) is 0 Å². The first-order valence-corrected chi connectivity index (χ1v) is 20.5. The lowest BCUT2D eigenvalue weighted by molar-refractivity contribution is 0.750. The Morgan fingerprint density at radius 3 is 1.27 bits per heavy atom. The van der Waals surface area contributed by atoms with Crippen LogP contribution in [-0.4, -0.2) is 6.71 Å². The molecule has 0 saturated heterocycles. The number of benzene rings is 9. The lowest BCUT2D eigenvalue weighted by atomic mass is 9.29. The van der Waals surface area contributed by atoms with Gasteiger partial charge in [0.05, 0.1) is 33.9 Å². The zero-order chi connectivity index (χ0) is 38.9. The van der Waals surface area contributed by atoms with Crippen molar-refractivity contribution in [2.24, 2.45) is 0 Å². The minimum atomic E-state index is -0.653. The molecule has 3 nitrogen and oxygen atoms in total. The van der Waals surface area contributed by atoms with Crippen molar-refractivity contribution in [3.63, 3.8) is 0 Å². The topological polar surface area (TPSA) is 9.72 Å². The van der Waals surface area contributed by atoms with E-state index in [-0.39, 0.29) is 6.71 Å². The molecular weight excluding hydrogens is 713 g/mol. The number of hydrogen-bond donors (Lipinski definition) is 0. The predicted octanol–water partition coefficient (Wildman–Crippen LogP) is 11.9. The number of nitrogens with zero attached hydrogens (tertiary/aromatic N) is 3. The van der Waals surface area contributed by atoms with E-state index in [0.29, 0.717) is 0 Å². The molecule has 3 aliphatic heterocycles. The molecule has 0 aliphatic carbocycles. The molecule has 0 bridgehead atoms. The van der Waals surface area contributed by atoms with Gasteiger partial charge >= 0.3 is 0 Å². The molecule has 0 spiro atoms. The Labute approximate surface area is 345 Å². The SMILES string of the molecule is c1ccc(N2c3ccccc3N(c3ccccc3)c3c2cc2c4c3N(c3ccccc3)c3ccccc3B4c3ccccc3C2(c2ccccc2)c2ccccc2)cc1. The number of rotatable bonds is 5. The van der Waals surface area contributed by atoms with Gasteiger partial charge in [-0.25, -0.2) is 0 Å². The molecule has 9 aromatic rings. The second-order valence-corrected chi connectivity index (χ2v) is 15.6. The van der Waals surface area contributed by atoms with Crippen LogP contribution in [0.4, 0.5) is 51.2 Å². The van der Waals surface area contributed by atoms with E-state index in [2.05, 4.69) is 245 Å². The second kappa shape index (κ2) is 13.3. The van der Waals surface area contributed by atoms with Gasteiger partial charge in [0, 0.05) is 22.7 Å². The van der Waals surface area contributed by atoms with Crippen molar-refractivity contribution in [1.29, 1.82) is 0 Å². The van der Waals surface area contributed by atoms with Crippen LogP contribution in [0.15, 0.2) is 231 Å². The molecule has 0 atom stereocenters. The average molecular weight is 752 g/mol. The quantitative estimate of drug-likeness (QED) is 0.162. The first kappa shape index (κ1) is 33.6. The molecule has 0 amide bonds. The Hall–Kier alpha value is -7.56. The second-order valence-electron chi connectivity index (χ2n) is 15.6. The number of hydrogen-bond acceptors (Lipinski definition) is 3. The molecule has 12 rings (SSSR count). The van der Waals surface area contributed by atoms with E-state index in [0.717, 1.165) is 39.8 Å². The van der Waals surface area contributed by atoms with Gasteiger partial charge < -0.3 is 14.7 Å². The van der Waals surface area contributed by atoms with Gasteiger partial charge in [0.25, 0.3) is 0 Å². The van der Waals surface area contributed by atoms with Gasteiger partial charge in [-0.2, -0.15) is 0 Å². The molecule has 0 aromatic heterocycles. The fourth-order valence-electron chi connectivity index (χ4n) is 10.5. The van der Waals surface area contributed by atoms with Crippen LogP contribution in [-0.2, 0) is 5.41 Å². The highest BCUT2D eigenvalue weighted by atomic mass is 15.3. The molecule has 3 aliphatic rings. The van der Waals surface area contributed by atoms with Crippen LogP contribution >= 0.6 is 0 Å². The van der Waals surface area contributed by atoms with E-state index in [1.165, 1.54) is 50.0 Å². The molecule has 0 unspecified atom stereocenters. The summed E-state index contributed by atoms with van der Waals surface area (Å²) < 4.78 is 0.